The zero-order chi connectivity index (χ0) is 10.2. The van der Waals surface area contributed by atoms with Crippen molar-refractivity contribution in [3.63, 3.8) is 0 Å². The Morgan fingerprint density at radius 3 is 2.86 bits per heavy atom. The van der Waals surface area contributed by atoms with Crippen LogP contribution in [0.2, 0.25) is 0 Å². The summed E-state index contributed by atoms with van der Waals surface area (Å²) in [6.07, 6.45) is 1.38. The molecule has 2 saturated heterocycles. The lowest BCUT2D eigenvalue weighted by atomic mass is 9.85. The summed E-state index contributed by atoms with van der Waals surface area (Å²) in [6.45, 7) is -0.436. The predicted octanol–water partition coefficient (Wildman–Crippen LogP) is 1.09. The fourth-order valence-electron chi connectivity index (χ4n) is 2.56. The minimum atomic E-state index is -2.65. The van der Waals surface area contributed by atoms with Gasteiger partial charge < -0.3 is 9.47 Å². The lowest BCUT2D eigenvalue weighted by Gasteiger charge is -2.47. The van der Waals surface area contributed by atoms with Crippen LogP contribution in [0, 0.1) is 0 Å². The summed E-state index contributed by atoms with van der Waals surface area (Å²) in [4.78, 5) is 2.18. The van der Waals surface area contributed by atoms with Gasteiger partial charge >= 0.3 is 6.61 Å². The van der Waals surface area contributed by atoms with Crippen molar-refractivity contribution in [2.45, 2.75) is 31.1 Å². The molecular weight excluding hydrogens is 192 g/mol. The third-order valence-corrected chi connectivity index (χ3v) is 3.26. The molecule has 2 atom stereocenters. The van der Waals surface area contributed by atoms with E-state index in [0.717, 1.165) is 13.0 Å². The number of fused-ring (bicyclic) bond motifs is 1. The van der Waals surface area contributed by atoms with Gasteiger partial charge in [0.2, 0.25) is 0 Å². The summed E-state index contributed by atoms with van der Waals surface area (Å²) >= 11 is 0. The molecule has 2 aliphatic rings. The zero-order valence-corrected chi connectivity index (χ0v) is 8.21. The highest BCUT2D eigenvalue weighted by Crippen LogP contribution is 2.41. The number of hydrogen-bond donors (Lipinski definition) is 0. The van der Waals surface area contributed by atoms with E-state index in [1.54, 1.807) is 7.11 Å². The molecule has 14 heavy (non-hydrogen) atoms. The van der Waals surface area contributed by atoms with Crippen LogP contribution in [0.25, 0.3) is 0 Å². The molecule has 0 N–H and O–H groups in total. The molecule has 2 fully saturated rings. The van der Waals surface area contributed by atoms with Gasteiger partial charge in [0.15, 0.2) is 0 Å². The van der Waals surface area contributed by atoms with Crippen LogP contribution in [0.4, 0.5) is 8.78 Å². The Bertz CT molecular complexity index is 215. The predicted molar refractivity (Wildman–Crippen MR) is 46.3 cm³/mol. The van der Waals surface area contributed by atoms with Crippen LogP contribution in [0.3, 0.4) is 0 Å². The average molecular weight is 207 g/mol. The maximum absolute atomic E-state index is 12.0. The summed E-state index contributed by atoms with van der Waals surface area (Å²) in [6, 6.07) is 0. The van der Waals surface area contributed by atoms with Crippen molar-refractivity contribution in [3.8, 4) is 0 Å². The Labute approximate surface area is 82.0 Å². The molecule has 0 spiro atoms. The van der Waals surface area contributed by atoms with Gasteiger partial charge in [-0.3, -0.25) is 4.90 Å². The molecule has 0 aromatic rings. The Kier molecular flexibility index (Phi) is 2.72. The van der Waals surface area contributed by atoms with Gasteiger partial charge in [0.1, 0.15) is 0 Å². The zero-order valence-electron chi connectivity index (χ0n) is 8.21. The van der Waals surface area contributed by atoms with E-state index in [4.69, 9.17) is 4.74 Å². The van der Waals surface area contributed by atoms with Crippen molar-refractivity contribution in [1.82, 2.24) is 4.90 Å². The second kappa shape index (κ2) is 3.72. The van der Waals surface area contributed by atoms with Crippen LogP contribution in [0.5, 0.6) is 0 Å². The van der Waals surface area contributed by atoms with Crippen molar-refractivity contribution in [3.05, 3.63) is 0 Å². The average Bonchev–Trinajstić information content (AvgIpc) is 2.29. The number of ether oxygens (including phenoxy) is 2. The number of halogens is 2. The van der Waals surface area contributed by atoms with E-state index in [2.05, 4.69) is 9.64 Å². The second-order valence-corrected chi connectivity index (χ2v) is 4.08. The molecule has 0 bridgehead atoms. The molecule has 2 heterocycles. The fraction of sp³-hybridized carbons (Fsp3) is 1.00. The van der Waals surface area contributed by atoms with Gasteiger partial charge in [-0.25, -0.2) is 0 Å². The van der Waals surface area contributed by atoms with Gasteiger partial charge in [-0.2, -0.15) is 8.78 Å². The normalized spacial score (nSPS) is 37.3. The molecule has 0 radical (unpaired) electrons. The first-order valence-corrected chi connectivity index (χ1v) is 4.84. The number of alkyl halides is 2. The molecular formula is C9H15F2NO2. The van der Waals surface area contributed by atoms with Crippen LogP contribution in [0.1, 0.15) is 12.8 Å². The maximum Gasteiger partial charge on any atom is 0.345 e. The molecule has 3 nitrogen and oxygen atoms in total. The number of nitrogens with zero attached hydrogens (tertiary/aromatic N) is 1. The molecule has 0 saturated carbocycles. The Balaban J connectivity index is 1.91. The lowest BCUT2D eigenvalue weighted by Crippen LogP contribution is -2.58. The van der Waals surface area contributed by atoms with Crippen LogP contribution in [-0.4, -0.2) is 50.0 Å². The molecule has 0 aliphatic carbocycles. The first-order valence-electron chi connectivity index (χ1n) is 4.84. The van der Waals surface area contributed by atoms with E-state index >= 15 is 0 Å². The summed E-state index contributed by atoms with van der Waals surface area (Å²) in [5.74, 6) is 0. The summed E-state index contributed by atoms with van der Waals surface area (Å²) in [5, 5.41) is 0. The highest BCUT2D eigenvalue weighted by molar-refractivity contribution is 5.07. The standard InChI is InChI=1S/C9H15F2NO2/c1-13-6-9-2-3-12(9)5-7(4-9)14-8(10)11/h7-8H,2-6H2,1H3/t7-,9-/m0/s1. The first kappa shape index (κ1) is 10.3. The van der Waals surface area contributed by atoms with Crippen LogP contribution in [-0.2, 0) is 9.47 Å². The summed E-state index contributed by atoms with van der Waals surface area (Å²) < 4.78 is 33.7. The second-order valence-electron chi connectivity index (χ2n) is 4.08. The highest BCUT2D eigenvalue weighted by Gasteiger charge is 2.52. The largest absolute Gasteiger partial charge is 0.383 e. The Hall–Kier alpha value is -0.260. The lowest BCUT2D eigenvalue weighted by molar-refractivity contribution is -0.158. The SMILES string of the molecule is COC[C@@]12CCN1C[C@@H](OC(F)F)C2. The third kappa shape index (κ3) is 1.64. The quantitative estimate of drug-likeness (QED) is 0.688. The van der Waals surface area contributed by atoms with E-state index in [0.29, 0.717) is 19.6 Å². The number of hydrogen-bond acceptors (Lipinski definition) is 3. The molecule has 2 rings (SSSR count). The molecule has 0 unspecified atom stereocenters. The topological polar surface area (TPSA) is 21.7 Å². The van der Waals surface area contributed by atoms with Gasteiger partial charge in [-0.15, -0.1) is 0 Å². The molecule has 0 aromatic heterocycles. The Morgan fingerprint density at radius 1 is 1.57 bits per heavy atom. The summed E-state index contributed by atoms with van der Waals surface area (Å²) in [5.41, 5.74) is -0.00565. The molecule has 82 valence electrons. The van der Waals surface area contributed by atoms with Crippen molar-refractivity contribution >= 4 is 0 Å². The molecule has 0 amide bonds. The van der Waals surface area contributed by atoms with Crippen molar-refractivity contribution in [2.75, 3.05) is 26.8 Å². The fourth-order valence-corrected chi connectivity index (χ4v) is 2.56. The van der Waals surface area contributed by atoms with E-state index in [1.807, 2.05) is 0 Å². The minimum absolute atomic E-state index is 0.00565. The van der Waals surface area contributed by atoms with Gasteiger partial charge in [0, 0.05) is 25.7 Å². The highest BCUT2D eigenvalue weighted by atomic mass is 19.3. The van der Waals surface area contributed by atoms with Crippen molar-refractivity contribution < 1.29 is 18.3 Å². The third-order valence-electron chi connectivity index (χ3n) is 3.26. The number of methoxy groups -OCH3 is 1. The van der Waals surface area contributed by atoms with E-state index in [1.165, 1.54) is 0 Å². The monoisotopic (exact) mass is 207 g/mol. The number of rotatable bonds is 4. The van der Waals surface area contributed by atoms with Gasteiger partial charge in [-0.05, 0) is 12.8 Å². The van der Waals surface area contributed by atoms with E-state index in [-0.39, 0.29) is 11.6 Å². The maximum atomic E-state index is 12.0. The van der Waals surface area contributed by atoms with Crippen LogP contribution >= 0.6 is 0 Å². The first-order chi connectivity index (χ1) is 6.66. The van der Waals surface area contributed by atoms with Crippen LogP contribution in [0.15, 0.2) is 0 Å². The van der Waals surface area contributed by atoms with E-state index < -0.39 is 6.61 Å². The van der Waals surface area contributed by atoms with Gasteiger partial charge in [-0.1, -0.05) is 0 Å². The Morgan fingerprint density at radius 2 is 2.36 bits per heavy atom. The van der Waals surface area contributed by atoms with Crippen molar-refractivity contribution in [2.24, 2.45) is 0 Å². The molecule has 5 heteroatoms. The van der Waals surface area contributed by atoms with Gasteiger partial charge in [0.05, 0.1) is 12.7 Å². The van der Waals surface area contributed by atoms with Gasteiger partial charge in [0.25, 0.3) is 0 Å². The van der Waals surface area contributed by atoms with Crippen molar-refractivity contribution in [1.29, 1.82) is 0 Å². The smallest absolute Gasteiger partial charge is 0.345 e. The summed E-state index contributed by atoms with van der Waals surface area (Å²) in [7, 11) is 1.65. The molecule has 2 aliphatic heterocycles. The van der Waals surface area contributed by atoms with E-state index in [9.17, 15) is 8.78 Å². The van der Waals surface area contributed by atoms with Crippen LogP contribution < -0.4 is 0 Å². The molecule has 0 aromatic carbocycles. The minimum Gasteiger partial charge on any atom is -0.383 e.